The lowest BCUT2D eigenvalue weighted by Gasteiger charge is -2.08. The number of nitrogens with one attached hydrogen (secondary N) is 1. The molecule has 1 N–H and O–H groups in total. The summed E-state index contributed by atoms with van der Waals surface area (Å²) in [7, 11) is 0. The lowest BCUT2D eigenvalue weighted by molar-refractivity contribution is 0.879. The number of pyridine rings is 1. The van der Waals surface area contributed by atoms with Gasteiger partial charge in [-0.3, -0.25) is 4.98 Å². The smallest absolute Gasteiger partial charge is 0.133 e. The van der Waals surface area contributed by atoms with Gasteiger partial charge in [-0.25, -0.2) is 4.68 Å². The Balaban J connectivity index is 1.89. The zero-order valence-corrected chi connectivity index (χ0v) is 12.9. The van der Waals surface area contributed by atoms with E-state index >= 15 is 0 Å². The molecule has 0 radical (unpaired) electrons. The SMILES string of the molecule is Cc1ccc(-n2nc(-c3ccccn3)c3c2NCC3)cc1Cl. The third-order valence-electron chi connectivity index (χ3n) is 3.96. The molecule has 0 aliphatic carbocycles. The van der Waals surface area contributed by atoms with Gasteiger partial charge in [0.15, 0.2) is 0 Å². The number of rotatable bonds is 2. The number of aromatic nitrogens is 3. The third-order valence-corrected chi connectivity index (χ3v) is 4.37. The van der Waals surface area contributed by atoms with Gasteiger partial charge in [-0.1, -0.05) is 23.7 Å². The summed E-state index contributed by atoms with van der Waals surface area (Å²) in [6.07, 6.45) is 2.76. The van der Waals surface area contributed by atoms with Gasteiger partial charge >= 0.3 is 0 Å². The van der Waals surface area contributed by atoms with E-state index in [0.29, 0.717) is 0 Å². The summed E-state index contributed by atoms with van der Waals surface area (Å²) in [6.45, 7) is 2.92. The van der Waals surface area contributed by atoms with Crippen molar-refractivity contribution in [2.24, 2.45) is 0 Å². The van der Waals surface area contributed by atoms with Gasteiger partial charge in [0.05, 0.1) is 11.4 Å². The van der Waals surface area contributed by atoms with Gasteiger partial charge < -0.3 is 5.32 Å². The average Bonchev–Trinajstić information content (AvgIpc) is 3.13. The summed E-state index contributed by atoms with van der Waals surface area (Å²) in [5.41, 5.74) is 5.09. The van der Waals surface area contributed by atoms with Crippen molar-refractivity contribution < 1.29 is 0 Å². The van der Waals surface area contributed by atoms with Crippen LogP contribution in [-0.4, -0.2) is 21.3 Å². The number of anilines is 1. The first-order valence-electron chi connectivity index (χ1n) is 7.28. The lowest BCUT2D eigenvalue weighted by Crippen LogP contribution is -2.04. The average molecular weight is 311 g/mol. The Kier molecular flexibility index (Phi) is 3.12. The van der Waals surface area contributed by atoms with Gasteiger partial charge in [0.25, 0.3) is 0 Å². The van der Waals surface area contributed by atoms with E-state index in [2.05, 4.69) is 10.3 Å². The molecule has 0 unspecified atom stereocenters. The molecule has 110 valence electrons. The molecular weight excluding hydrogens is 296 g/mol. The maximum absolute atomic E-state index is 6.26. The van der Waals surface area contributed by atoms with Crippen LogP contribution in [0.4, 0.5) is 5.82 Å². The van der Waals surface area contributed by atoms with Crippen LogP contribution in [0.5, 0.6) is 0 Å². The zero-order valence-electron chi connectivity index (χ0n) is 12.2. The second kappa shape index (κ2) is 5.14. The number of nitrogens with zero attached hydrogens (tertiary/aromatic N) is 3. The minimum atomic E-state index is 0.749. The van der Waals surface area contributed by atoms with E-state index in [-0.39, 0.29) is 0 Å². The molecule has 3 heterocycles. The number of fused-ring (bicyclic) bond motifs is 1. The van der Waals surface area contributed by atoms with Crippen molar-refractivity contribution in [3.63, 3.8) is 0 Å². The molecule has 1 aliphatic heterocycles. The van der Waals surface area contributed by atoms with E-state index in [4.69, 9.17) is 16.7 Å². The Morgan fingerprint density at radius 3 is 2.91 bits per heavy atom. The Morgan fingerprint density at radius 1 is 1.23 bits per heavy atom. The van der Waals surface area contributed by atoms with Gasteiger partial charge in [0.2, 0.25) is 0 Å². The summed E-state index contributed by atoms with van der Waals surface area (Å²) in [6, 6.07) is 11.9. The lowest BCUT2D eigenvalue weighted by atomic mass is 10.1. The van der Waals surface area contributed by atoms with Crippen molar-refractivity contribution in [2.75, 3.05) is 11.9 Å². The molecule has 1 aliphatic rings. The van der Waals surface area contributed by atoms with Crippen molar-refractivity contribution in [1.82, 2.24) is 14.8 Å². The van der Waals surface area contributed by atoms with Crippen LogP contribution in [-0.2, 0) is 6.42 Å². The summed E-state index contributed by atoms with van der Waals surface area (Å²) in [5.74, 6) is 1.04. The summed E-state index contributed by atoms with van der Waals surface area (Å²) in [5, 5.41) is 8.95. The van der Waals surface area contributed by atoms with E-state index in [1.807, 2.05) is 48.0 Å². The standard InChI is InChI=1S/C17H15ClN4/c1-11-5-6-12(10-14(11)18)22-17-13(7-9-20-17)16(21-22)15-4-2-3-8-19-15/h2-6,8,10,20H,7,9H2,1H3. The third kappa shape index (κ3) is 2.07. The molecule has 0 atom stereocenters. The van der Waals surface area contributed by atoms with Gasteiger partial charge in [-0.2, -0.15) is 5.10 Å². The van der Waals surface area contributed by atoms with Crippen LogP contribution < -0.4 is 5.32 Å². The van der Waals surface area contributed by atoms with Crippen LogP contribution in [0.1, 0.15) is 11.1 Å². The van der Waals surface area contributed by atoms with Gasteiger partial charge in [-0.15, -0.1) is 0 Å². The molecule has 4 rings (SSSR count). The van der Waals surface area contributed by atoms with E-state index in [9.17, 15) is 0 Å². The van der Waals surface area contributed by atoms with Crippen LogP contribution >= 0.6 is 11.6 Å². The molecule has 4 nitrogen and oxygen atoms in total. The molecule has 5 heteroatoms. The maximum atomic E-state index is 6.26. The van der Waals surface area contributed by atoms with Crippen molar-refractivity contribution in [3.05, 3.63) is 58.7 Å². The highest BCUT2D eigenvalue weighted by Crippen LogP contribution is 2.34. The van der Waals surface area contributed by atoms with Crippen molar-refractivity contribution in [1.29, 1.82) is 0 Å². The van der Waals surface area contributed by atoms with E-state index < -0.39 is 0 Å². The molecule has 3 aromatic rings. The summed E-state index contributed by atoms with van der Waals surface area (Å²) in [4.78, 5) is 4.44. The number of hydrogen-bond acceptors (Lipinski definition) is 3. The first kappa shape index (κ1) is 13.3. The zero-order chi connectivity index (χ0) is 15.1. The second-order valence-corrected chi connectivity index (χ2v) is 5.82. The molecule has 0 fully saturated rings. The number of halogens is 1. The number of aryl methyl sites for hydroxylation is 1. The topological polar surface area (TPSA) is 42.7 Å². The van der Waals surface area contributed by atoms with E-state index in [0.717, 1.165) is 46.4 Å². The van der Waals surface area contributed by atoms with Crippen LogP contribution in [0.2, 0.25) is 5.02 Å². The Labute approximate surface area is 133 Å². The summed E-state index contributed by atoms with van der Waals surface area (Å²) >= 11 is 6.26. The van der Waals surface area contributed by atoms with Crippen LogP contribution in [0.3, 0.4) is 0 Å². The van der Waals surface area contributed by atoms with E-state index in [1.165, 1.54) is 5.56 Å². The second-order valence-electron chi connectivity index (χ2n) is 5.41. The van der Waals surface area contributed by atoms with Crippen LogP contribution in [0.25, 0.3) is 17.1 Å². The van der Waals surface area contributed by atoms with Crippen molar-refractivity contribution >= 4 is 17.4 Å². The molecule has 0 saturated carbocycles. The van der Waals surface area contributed by atoms with Gasteiger partial charge in [-0.05, 0) is 43.2 Å². The number of benzene rings is 1. The molecule has 0 spiro atoms. The largest absolute Gasteiger partial charge is 0.369 e. The molecule has 22 heavy (non-hydrogen) atoms. The fourth-order valence-electron chi connectivity index (χ4n) is 2.78. The van der Waals surface area contributed by atoms with Crippen molar-refractivity contribution in [2.45, 2.75) is 13.3 Å². The normalized spacial score (nSPS) is 13.0. The highest BCUT2D eigenvalue weighted by atomic mass is 35.5. The molecule has 0 bridgehead atoms. The van der Waals surface area contributed by atoms with Gasteiger partial charge in [0.1, 0.15) is 11.5 Å². The molecule has 1 aromatic carbocycles. The maximum Gasteiger partial charge on any atom is 0.133 e. The first-order valence-corrected chi connectivity index (χ1v) is 7.65. The molecule has 2 aromatic heterocycles. The molecule has 0 saturated heterocycles. The van der Waals surface area contributed by atoms with E-state index in [1.54, 1.807) is 6.20 Å². The highest BCUT2D eigenvalue weighted by Gasteiger charge is 2.24. The fraction of sp³-hybridized carbons (Fsp3) is 0.176. The summed E-state index contributed by atoms with van der Waals surface area (Å²) < 4.78 is 1.93. The Bertz CT molecular complexity index is 839. The quantitative estimate of drug-likeness (QED) is 0.781. The van der Waals surface area contributed by atoms with Crippen molar-refractivity contribution in [3.8, 4) is 17.1 Å². The highest BCUT2D eigenvalue weighted by molar-refractivity contribution is 6.31. The molecular formula is C17H15ClN4. The minimum Gasteiger partial charge on any atom is -0.369 e. The van der Waals surface area contributed by atoms with Gasteiger partial charge in [0, 0.05) is 23.3 Å². The Hall–Kier alpha value is -2.33. The first-order chi connectivity index (χ1) is 10.7. The van der Waals surface area contributed by atoms with Crippen LogP contribution in [0, 0.1) is 6.92 Å². The Morgan fingerprint density at radius 2 is 2.14 bits per heavy atom. The number of hydrogen-bond donors (Lipinski definition) is 1. The minimum absolute atomic E-state index is 0.749. The molecule has 0 amide bonds. The monoisotopic (exact) mass is 310 g/mol. The van der Waals surface area contributed by atoms with Crippen LogP contribution in [0.15, 0.2) is 42.6 Å². The predicted octanol–water partition coefficient (Wildman–Crippen LogP) is 3.86. The predicted molar refractivity (Wildman–Crippen MR) is 88.7 cm³/mol. The fourth-order valence-corrected chi connectivity index (χ4v) is 2.96.